The van der Waals surface area contributed by atoms with Crippen LogP contribution in [0.3, 0.4) is 0 Å². The molecule has 0 radical (unpaired) electrons. The zero-order valence-electron chi connectivity index (χ0n) is 5.06. The van der Waals surface area contributed by atoms with Crippen molar-refractivity contribution in [3.63, 3.8) is 0 Å². The number of imidazole rings is 1. The van der Waals surface area contributed by atoms with Gasteiger partial charge in [-0.3, -0.25) is 0 Å². The molecule has 0 aromatic carbocycles. The normalized spacial score (nSPS) is 7.25. The van der Waals surface area contributed by atoms with Crippen molar-refractivity contribution >= 4 is 12.2 Å². The second-order valence-electron chi connectivity index (χ2n) is 0.951. The first-order chi connectivity index (χ1) is 3.89. The van der Waals surface area contributed by atoms with Crippen LogP contribution in [0.4, 0.5) is 0 Å². The summed E-state index contributed by atoms with van der Waals surface area (Å²) in [5.74, 6) is 0. The van der Waals surface area contributed by atoms with E-state index in [1.807, 2.05) is 13.8 Å². The van der Waals surface area contributed by atoms with Gasteiger partial charge in [-0.25, -0.2) is 0 Å². The summed E-state index contributed by atoms with van der Waals surface area (Å²) in [5.41, 5.74) is 0. The summed E-state index contributed by atoms with van der Waals surface area (Å²) in [6, 6.07) is 0. The van der Waals surface area contributed by atoms with Crippen LogP contribution in [-0.2, 0) is 0 Å². The van der Waals surface area contributed by atoms with Gasteiger partial charge in [-0.1, -0.05) is 13.8 Å². The SMILES string of the molecule is CC.S=c1[nH]cc[nH]1. The molecule has 0 aliphatic rings. The van der Waals surface area contributed by atoms with Crippen molar-refractivity contribution in [3.05, 3.63) is 17.2 Å². The Morgan fingerprint density at radius 1 is 1.25 bits per heavy atom. The smallest absolute Gasteiger partial charge is 0.174 e. The molecule has 46 valence electrons. The summed E-state index contributed by atoms with van der Waals surface area (Å²) in [4.78, 5) is 5.52. The van der Waals surface area contributed by atoms with Crippen molar-refractivity contribution in [3.8, 4) is 0 Å². The molecule has 0 spiro atoms. The monoisotopic (exact) mass is 130 g/mol. The summed E-state index contributed by atoms with van der Waals surface area (Å²) in [6.45, 7) is 4.00. The number of hydrogen-bond acceptors (Lipinski definition) is 1. The topological polar surface area (TPSA) is 31.6 Å². The first kappa shape index (κ1) is 7.43. The lowest BCUT2D eigenvalue weighted by molar-refractivity contribution is 1.27. The largest absolute Gasteiger partial charge is 0.338 e. The summed E-state index contributed by atoms with van der Waals surface area (Å²) >= 11 is 4.63. The number of aromatic amines is 2. The highest BCUT2D eigenvalue weighted by Crippen LogP contribution is 1.72. The quantitative estimate of drug-likeness (QED) is 0.518. The van der Waals surface area contributed by atoms with Gasteiger partial charge in [-0.15, -0.1) is 0 Å². The molecule has 1 rings (SSSR count). The Bertz CT molecular complexity index is 148. The van der Waals surface area contributed by atoms with E-state index in [4.69, 9.17) is 0 Å². The second kappa shape index (κ2) is 4.59. The zero-order chi connectivity index (χ0) is 6.41. The summed E-state index contributed by atoms with van der Waals surface area (Å²) < 4.78 is 0.676. The van der Waals surface area contributed by atoms with Gasteiger partial charge in [0.1, 0.15) is 0 Å². The second-order valence-corrected chi connectivity index (χ2v) is 1.36. The Hall–Kier alpha value is -0.570. The third-order valence-corrected chi connectivity index (χ3v) is 0.748. The number of H-pyrrole nitrogens is 2. The molecule has 0 bridgehead atoms. The number of hydrogen-bond donors (Lipinski definition) is 2. The lowest BCUT2D eigenvalue weighted by Crippen LogP contribution is -1.54. The molecule has 8 heavy (non-hydrogen) atoms. The van der Waals surface area contributed by atoms with E-state index in [0.29, 0.717) is 4.77 Å². The van der Waals surface area contributed by atoms with E-state index in [2.05, 4.69) is 22.2 Å². The van der Waals surface area contributed by atoms with Crippen molar-refractivity contribution in [2.75, 3.05) is 0 Å². The molecule has 0 saturated heterocycles. The Morgan fingerprint density at radius 2 is 1.62 bits per heavy atom. The zero-order valence-corrected chi connectivity index (χ0v) is 5.88. The third-order valence-electron chi connectivity index (χ3n) is 0.512. The van der Waals surface area contributed by atoms with Gasteiger partial charge in [0.2, 0.25) is 0 Å². The number of rotatable bonds is 0. The molecular weight excluding hydrogens is 120 g/mol. The van der Waals surface area contributed by atoms with Crippen LogP contribution in [0, 0.1) is 4.77 Å². The van der Waals surface area contributed by atoms with E-state index < -0.39 is 0 Å². The van der Waals surface area contributed by atoms with E-state index in [9.17, 15) is 0 Å². The third kappa shape index (κ3) is 2.58. The fraction of sp³-hybridized carbons (Fsp3) is 0.400. The molecule has 0 unspecified atom stereocenters. The van der Waals surface area contributed by atoms with E-state index >= 15 is 0 Å². The van der Waals surface area contributed by atoms with Gasteiger partial charge in [0, 0.05) is 12.4 Å². The molecule has 0 aliphatic heterocycles. The molecule has 0 amide bonds. The fourth-order valence-electron chi connectivity index (χ4n) is 0.276. The van der Waals surface area contributed by atoms with Crippen LogP contribution in [0.5, 0.6) is 0 Å². The Morgan fingerprint density at radius 3 is 1.75 bits per heavy atom. The van der Waals surface area contributed by atoms with Gasteiger partial charge in [0.05, 0.1) is 0 Å². The van der Waals surface area contributed by atoms with Gasteiger partial charge in [-0.2, -0.15) is 0 Å². The summed E-state index contributed by atoms with van der Waals surface area (Å²) in [5, 5.41) is 0. The highest BCUT2D eigenvalue weighted by atomic mass is 32.1. The van der Waals surface area contributed by atoms with Gasteiger partial charge in [0.25, 0.3) is 0 Å². The lowest BCUT2D eigenvalue weighted by atomic mass is 11.0. The Kier molecular flexibility index (Phi) is 4.26. The minimum atomic E-state index is 0.676. The van der Waals surface area contributed by atoms with Crippen molar-refractivity contribution in [1.29, 1.82) is 0 Å². The van der Waals surface area contributed by atoms with Gasteiger partial charge in [0.15, 0.2) is 4.77 Å². The predicted octanol–water partition coefficient (Wildman–Crippen LogP) is 2.10. The molecule has 1 aromatic rings. The van der Waals surface area contributed by atoms with E-state index in [1.54, 1.807) is 12.4 Å². The first-order valence-electron chi connectivity index (χ1n) is 2.61. The lowest BCUT2D eigenvalue weighted by Gasteiger charge is -1.56. The predicted molar refractivity (Wildman–Crippen MR) is 37.3 cm³/mol. The van der Waals surface area contributed by atoms with Crippen molar-refractivity contribution in [2.45, 2.75) is 13.8 Å². The van der Waals surface area contributed by atoms with Gasteiger partial charge >= 0.3 is 0 Å². The van der Waals surface area contributed by atoms with Gasteiger partial charge < -0.3 is 9.97 Å². The molecule has 1 aromatic heterocycles. The maximum Gasteiger partial charge on any atom is 0.174 e. The van der Waals surface area contributed by atoms with Crippen LogP contribution in [0.25, 0.3) is 0 Å². The molecular formula is C5H10N2S. The maximum absolute atomic E-state index is 4.63. The van der Waals surface area contributed by atoms with E-state index in [0.717, 1.165) is 0 Å². The van der Waals surface area contributed by atoms with Crippen molar-refractivity contribution < 1.29 is 0 Å². The summed E-state index contributed by atoms with van der Waals surface area (Å²) in [7, 11) is 0. The molecule has 3 heteroatoms. The number of nitrogens with one attached hydrogen (secondary N) is 2. The minimum absolute atomic E-state index is 0.676. The maximum atomic E-state index is 4.63. The summed E-state index contributed by atoms with van der Waals surface area (Å²) in [6.07, 6.45) is 3.50. The van der Waals surface area contributed by atoms with E-state index in [1.165, 1.54) is 0 Å². The van der Waals surface area contributed by atoms with Crippen LogP contribution in [-0.4, -0.2) is 9.97 Å². The molecule has 2 nitrogen and oxygen atoms in total. The van der Waals surface area contributed by atoms with Gasteiger partial charge in [-0.05, 0) is 12.2 Å². The number of aromatic nitrogens is 2. The Balaban J connectivity index is 0.000000222. The average molecular weight is 130 g/mol. The molecule has 0 fully saturated rings. The standard InChI is InChI=1S/C3H4N2S.C2H6/c6-3-4-1-2-5-3;1-2/h1-2H,(H2,4,5,6);1-2H3. The first-order valence-corrected chi connectivity index (χ1v) is 3.02. The molecule has 1 heterocycles. The molecule has 0 atom stereocenters. The molecule has 0 aliphatic carbocycles. The average Bonchev–Trinajstić information content (AvgIpc) is 2.24. The highest BCUT2D eigenvalue weighted by molar-refractivity contribution is 7.71. The van der Waals surface area contributed by atoms with E-state index in [-0.39, 0.29) is 0 Å². The van der Waals surface area contributed by atoms with Crippen LogP contribution < -0.4 is 0 Å². The molecule has 0 saturated carbocycles. The van der Waals surface area contributed by atoms with Crippen molar-refractivity contribution in [1.82, 2.24) is 9.97 Å². The fourth-order valence-corrected chi connectivity index (χ4v) is 0.412. The van der Waals surface area contributed by atoms with Crippen LogP contribution in [0.15, 0.2) is 12.4 Å². The van der Waals surface area contributed by atoms with Crippen LogP contribution in [0.1, 0.15) is 13.8 Å². The van der Waals surface area contributed by atoms with Crippen LogP contribution >= 0.6 is 12.2 Å². The Labute approximate surface area is 54.0 Å². The van der Waals surface area contributed by atoms with Crippen molar-refractivity contribution in [2.24, 2.45) is 0 Å². The molecule has 2 N–H and O–H groups in total. The minimum Gasteiger partial charge on any atom is -0.338 e. The highest BCUT2D eigenvalue weighted by Gasteiger charge is 1.64. The van der Waals surface area contributed by atoms with Crippen LogP contribution in [0.2, 0.25) is 0 Å².